The third-order valence-corrected chi connectivity index (χ3v) is 3.02. The molecule has 1 aliphatic carbocycles. The molecule has 2 nitrogen and oxygen atoms in total. The van der Waals surface area contributed by atoms with Crippen molar-refractivity contribution in [2.45, 2.75) is 31.8 Å². The third kappa shape index (κ3) is 2.37. The van der Waals surface area contributed by atoms with Crippen LogP contribution in [0.1, 0.15) is 37.3 Å². The normalized spacial score (nSPS) is 19.3. The molecule has 0 heterocycles. The molecule has 1 aromatic carbocycles. The van der Waals surface area contributed by atoms with Crippen LogP contribution in [0.3, 0.4) is 0 Å². The van der Waals surface area contributed by atoms with Crippen molar-refractivity contribution in [3.8, 4) is 6.07 Å². The molecule has 2 heteroatoms. The van der Waals surface area contributed by atoms with Crippen molar-refractivity contribution in [2.75, 3.05) is 0 Å². The average Bonchev–Trinajstić information content (AvgIpc) is 3.01. The lowest BCUT2D eigenvalue weighted by atomic mass is 9.90. The Bertz CT molecular complexity index is 382. The lowest BCUT2D eigenvalue weighted by Crippen LogP contribution is -2.21. The zero-order chi connectivity index (χ0) is 10.9. The van der Waals surface area contributed by atoms with E-state index in [4.69, 9.17) is 5.26 Å². The van der Waals surface area contributed by atoms with Crippen molar-refractivity contribution in [3.05, 3.63) is 35.4 Å². The molecular weight excluding hydrogens is 186 g/mol. The molecule has 78 valence electrons. The number of hydrogen-bond donors (Lipinski definition) is 1. The quantitative estimate of drug-likeness (QED) is 0.816. The summed E-state index contributed by atoms with van der Waals surface area (Å²) in [4.78, 5) is 0. The molecule has 1 aromatic rings. The first-order valence-corrected chi connectivity index (χ1v) is 5.35. The molecular formula is C13H15NO. The van der Waals surface area contributed by atoms with E-state index in [1.807, 2.05) is 19.1 Å². The average molecular weight is 201 g/mol. The summed E-state index contributed by atoms with van der Waals surface area (Å²) in [5, 5.41) is 19.0. The molecule has 1 N–H and O–H groups in total. The Morgan fingerprint density at radius 1 is 1.40 bits per heavy atom. The summed E-state index contributed by atoms with van der Waals surface area (Å²) >= 11 is 0. The predicted molar refractivity (Wildman–Crippen MR) is 58.1 cm³/mol. The molecule has 0 spiro atoms. The van der Waals surface area contributed by atoms with Crippen LogP contribution in [0.15, 0.2) is 24.3 Å². The van der Waals surface area contributed by atoms with E-state index in [1.165, 1.54) is 12.8 Å². The fraction of sp³-hybridized carbons (Fsp3) is 0.462. The molecule has 0 aliphatic heterocycles. The highest BCUT2D eigenvalue weighted by atomic mass is 16.3. The van der Waals surface area contributed by atoms with Gasteiger partial charge in [-0.3, -0.25) is 0 Å². The molecule has 1 unspecified atom stereocenters. The summed E-state index contributed by atoms with van der Waals surface area (Å²) in [7, 11) is 0. The lowest BCUT2D eigenvalue weighted by molar-refractivity contribution is 0.0417. The van der Waals surface area contributed by atoms with E-state index in [2.05, 4.69) is 6.07 Å². The van der Waals surface area contributed by atoms with Gasteiger partial charge in [-0.15, -0.1) is 0 Å². The largest absolute Gasteiger partial charge is 0.385 e. The highest BCUT2D eigenvalue weighted by molar-refractivity contribution is 5.33. The maximum atomic E-state index is 10.3. The van der Waals surface area contributed by atoms with Crippen LogP contribution in [-0.4, -0.2) is 5.11 Å². The van der Waals surface area contributed by atoms with Crippen LogP contribution < -0.4 is 0 Å². The highest BCUT2D eigenvalue weighted by Crippen LogP contribution is 2.40. The molecule has 1 saturated carbocycles. The number of aliphatic hydroxyl groups is 1. The zero-order valence-corrected chi connectivity index (χ0v) is 8.90. The van der Waals surface area contributed by atoms with Crippen molar-refractivity contribution in [3.63, 3.8) is 0 Å². The molecule has 1 aliphatic rings. The molecule has 0 bridgehead atoms. The minimum Gasteiger partial charge on any atom is -0.385 e. The van der Waals surface area contributed by atoms with Gasteiger partial charge in [0.15, 0.2) is 0 Å². The fourth-order valence-electron chi connectivity index (χ4n) is 1.91. The first kappa shape index (κ1) is 10.2. The standard InChI is InChI=1S/C13H15NO/c1-13(15,8-10-2-3-10)12-6-4-11(9-14)5-7-12/h4-7,10,15H,2-3,8H2,1H3. The molecule has 1 atom stereocenters. The minimum atomic E-state index is -0.741. The summed E-state index contributed by atoms with van der Waals surface area (Å²) in [5.41, 5.74) is 0.809. The van der Waals surface area contributed by atoms with Crippen molar-refractivity contribution < 1.29 is 5.11 Å². The monoisotopic (exact) mass is 201 g/mol. The van der Waals surface area contributed by atoms with Crippen molar-refractivity contribution in [1.82, 2.24) is 0 Å². The summed E-state index contributed by atoms with van der Waals surface area (Å²) in [6.45, 7) is 1.85. The number of rotatable bonds is 3. The Morgan fingerprint density at radius 2 is 2.00 bits per heavy atom. The molecule has 15 heavy (non-hydrogen) atoms. The number of benzene rings is 1. The summed E-state index contributed by atoms with van der Waals surface area (Å²) < 4.78 is 0. The SMILES string of the molecule is CC(O)(CC1CC1)c1ccc(C#N)cc1. The van der Waals surface area contributed by atoms with E-state index in [0.29, 0.717) is 11.5 Å². The van der Waals surface area contributed by atoms with Gasteiger partial charge >= 0.3 is 0 Å². The highest BCUT2D eigenvalue weighted by Gasteiger charge is 2.32. The minimum absolute atomic E-state index is 0.640. The maximum absolute atomic E-state index is 10.3. The van der Waals surface area contributed by atoms with Gasteiger partial charge in [0.25, 0.3) is 0 Å². The Balaban J connectivity index is 2.16. The molecule has 2 rings (SSSR count). The van der Waals surface area contributed by atoms with E-state index in [1.54, 1.807) is 12.1 Å². The van der Waals surface area contributed by atoms with E-state index >= 15 is 0 Å². The Labute approximate surface area is 90.2 Å². The zero-order valence-electron chi connectivity index (χ0n) is 8.90. The van der Waals surface area contributed by atoms with Crippen LogP contribution in [0.2, 0.25) is 0 Å². The second-order valence-electron chi connectivity index (χ2n) is 4.61. The number of nitriles is 1. The van der Waals surface area contributed by atoms with Crippen LogP contribution in [0, 0.1) is 17.2 Å². The Morgan fingerprint density at radius 3 is 2.47 bits per heavy atom. The second kappa shape index (κ2) is 3.67. The van der Waals surface area contributed by atoms with Crippen LogP contribution in [-0.2, 0) is 5.60 Å². The van der Waals surface area contributed by atoms with Gasteiger partial charge in [-0.25, -0.2) is 0 Å². The summed E-state index contributed by atoms with van der Waals surface area (Å²) in [6, 6.07) is 9.29. The van der Waals surface area contributed by atoms with Gasteiger partial charge in [0.1, 0.15) is 0 Å². The van der Waals surface area contributed by atoms with Gasteiger partial charge < -0.3 is 5.11 Å². The van der Waals surface area contributed by atoms with Crippen molar-refractivity contribution in [1.29, 1.82) is 5.26 Å². The molecule has 0 amide bonds. The Kier molecular flexibility index (Phi) is 2.50. The topological polar surface area (TPSA) is 44.0 Å². The molecule has 0 aromatic heterocycles. The molecule has 0 radical (unpaired) electrons. The van der Waals surface area contributed by atoms with E-state index in [-0.39, 0.29) is 0 Å². The van der Waals surface area contributed by atoms with Crippen LogP contribution in [0.4, 0.5) is 0 Å². The van der Waals surface area contributed by atoms with Crippen LogP contribution in [0.25, 0.3) is 0 Å². The van der Waals surface area contributed by atoms with Gasteiger partial charge in [0, 0.05) is 0 Å². The maximum Gasteiger partial charge on any atom is 0.0991 e. The van der Waals surface area contributed by atoms with Crippen molar-refractivity contribution in [2.24, 2.45) is 5.92 Å². The van der Waals surface area contributed by atoms with Gasteiger partial charge in [0.2, 0.25) is 0 Å². The number of hydrogen-bond acceptors (Lipinski definition) is 2. The van der Waals surface area contributed by atoms with Gasteiger partial charge in [0.05, 0.1) is 17.2 Å². The second-order valence-corrected chi connectivity index (χ2v) is 4.61. The van der Waals surface area contributed by atoms with E-state index in [9.17, 15) is 5.11 Å². The third-order valence-electron chi connectivity index (χ3n) is 3.02. The van der Waals surface area contributed by atoms with Crippen molar-refractivity contribution >= 4 is 0 Å². The first-order chi connectivity index (χ1) is 7.12. The summed E-state index contributed by atoms with van der Waals surface area (Å²) in [6.07, 6.45) is 3.32. The van der Waals surface area contributed by atoms with Gasteiger partial charge in [-0.2, -0.15) is 5.26 Å². The molecule has 1 fully saturated rings. The molecule has 0 saturated heterocycles. The van der Waals surface area contributed by atoms with Crippen LogP contribution >= 0.6 is 0 Å². The van der Waals surface area contributed by atoms with Gasteiger partial charge in [-0.1, -0.05) is 25.0 Å². The van der Waals surface area contributed by atoms with Crippen LogP contribution in [0.5, 0.6) is 0 Å². The summed E-state index contributed by atoms with van der Waals surface area (Å²) in [5.74, 6) is 0.690. The fourth-order valence-corrected chi connectivity index (χ4v) is 1.91. The smallest absolute Gasteiger partial charge is 0.0991 e. The number of nitrogens with zero attached hydrogens (tertiary/aromatic N) is 1. The van der Waals surface area contributed by atoms with E-state index < -0.39 is 5.60 Å². The van der Waals surface area contributed by atoms with E-state index in [0.717, 1.165) is 12.0 Å². The predicted octanol–water partition coefficient (Wildman–Crippen LogP) is 2.57. The van der Waals surface area contributed by atoms with Gasteiger partial charge in [-0.05, 0) is 37.0 Å². The lowest BCUT2D eigenvalue weighted by Gasteiger charge is -2.23. The Hall–Kier alpha value is -1.33. The first-order valence-electron chi connectivity index (χ1n) is 5.35.